The van der Waals surface area contributed by atoms with Gasteiger partial charge in [-0.15, -0.1) is 0 Å². The number of nitrogens with two attached hydrogens (primary N) is 1. The van der Waals surface area contributed by atoms with E-state index in [4.69, 9.17) is 5.73 Å². The fraction of sp³-hybridized carbons (Fsp3) is 0.182. The van der Waals surface area contributed by atoms with Gasteiger partial charge >= 0.3 is 0 Å². The first kappa shape index (κ1) is 11.1. The summed E-state index contributed by atoms with van der Waals surface area (Å²) in [6.45, 7) is 1.88. The van der Waals surface area contributed by atoms with Crippen LogP contribution in [0.15, 0.2) is 24.3 Å². The van der Waals surface area contributed by atoms with Gasteiger partial charge in [0.25, 0.3) is 0 Å². The monoisotopic (exact) mass is 206 g/mol. The molecular formula is C11H14N2O2. The molecule has 0 heterocycles. The van der Waals surface area contributed by atoms with Crippen LogP contribution in [0.1, 0.15) is 12.5 Å². The van der Waals surface area contributed by atoms with Crippen LogP contribution in [-0.4, -0.2) is 17.6 Å². The molecule has 0 aliphatic carbocycles. The summed E-state index contributed by atoms with van der Waals surface area (Å²) in [6, 6.07) is 4.83. The number of hydrogen-bond acceptors (Lipinski definition) is 3. The highest BCUT2D eigenvalue weighted by Crippen LogP contribution is 2.20. The SMILES string of the molecule is CC(=O)NCC=Cc1cc(N)ccc1O. The molecule has 0 saturated heterocycles. The minimum absolute atomic E-state index is 0.0866. The largest absolute Gasteiger partial charge is 0.507 e. The van der Waals surface area contributed by atoms with E-state index < -0.39 is 0 Å². The maximum Gasteiger partial charge on any atom is 0.217 e. The van der Waals surface area contributed by atoms with Crippen molar-refractivity contribution < 1.29 is 9.90 Å². The summed E-state index contributed by atoms with van der Waals surface area (Å²) >= 11 is 0. The van der Waals surface area contributed by atoms with E-state index in [0.717, 1.165) is 0 Å². The first-order valence-corrected chi connectivity index (χ1v) is 4.59. The first-order valence-electron chi connectivity index (χ1n) is 4.59. The Labute approximate surface area is 88.4 Å². The standard InChI is InChI=1S/C11H14N2O2/c1-8(14)13-6-2-3-9-7-10(12)4-5-11(9)15/h2-5,7,15H,6,12H2,1H3,(H,13,14). The molecular weight excluding hydrogens is 192 g/mol. The normalized spacial score (nSPS) is 10.5. The van der Waals surface area contributed by atoms with Crippen molar-refractivity contribution in [3.63, 3.8) is 0 Å². The van der Waals surface area contributed by atoms with Crippen molar-refractivity contribution in [3.05, 3.63) is 29.8 Å². The smallest absolute Gasteiger partial charge is 0.217 e. The zero-order valence-electron chi connectivity index (χ0n) is 8.53. The molecule has 0 unspecified atom stereocenters. The van der Waals surface area contributed by atoms with Gasteiger partial charge in [-0.05, 0) is 18.2 Å². The van der Waals surface area contributed by atoms with E-state index in [2.05, 4.69) is 5.32 Å². The second-order valence-electron chi connectivity index (χ2n) is 3.16. The van der Waals surface area contributed by atoms with E-state index in [0.29, 0.717) is 17.8 Å². The molecule has 4 heteroatoms. The highest BCUT2D eigenvalue weighted by Gasteiger charge is 1.96. The molecule has 1 aromatic rings. The zero-order valence-corrected chi connectivity index (χ0v) is 8.53. The molecule has 0 aliphatic rings. The molecule has 0 spiro atoms. The topological polar surface area (TPSA) is 75.4 Å². The maximum atomic E-state index is 10.6. The van der Waals surface area contributed by atoms with Crippen molar-refractivity contribution in [1.82, 2.24) is 5.32 Å². The highest BCUT2D eigenvalue weighted by molar-refractivity contribution is 5.73. The molecule has 80 valence electrons. The van der Waals surface area contributed by atoms with Crippen LogP contribution in [0.5, 0.6) is 5.75 Å². The minimum atomic E-state index is -0.0866. The Bertz CT molecular complexity index is 386. The van der Waals surface area contributed by atoms with Gasteiger partial charge in [0.15, 0.2) is 0 Å². The van der Waals surface area contributed by atoms with Crippen molar-refractivity contribution in [3.8, 4) is 5.75 Å². The molecule has 0 aromatic heterocycles. The van der Waals surface area contributed by atoms with Crippen molar-refractivity contribution in [2.75, 3.05) is 12.3 Å². The summed E-state index contributed by atoms with van der Waals surface area (Å²) in [7, 11) is 0. The fourth-order valence-electron chi connectivity index (χ4n) is 1.10. The summed E-state index contributed by atoms with van der Waals surface area (Å²) in [5.74, 6) is 0.0831. The van der Waals surface area contributed by atoms with Crippen molar-refractivity contribution in [2.45, 2.75) is 6.92 Å². The van der Waals surface area contributed by atoms with Crippen LogP contribution in [0, 0.1) is 0 Å². The lowest BCUT2D eigenvalue weighted by atomic mass is 10.1. The van der Waals surface area contributed by atoms with E-state index in [1.54, 1.807) is 24.3 Å². The number of anilines is 1. The van der Waals surface area contributed by atoms with Crippen LogP contribution in [0.3, 0.4) is 0 Å². The minimum Gasteiger partial charge on any atom is -0.507 e. The predicted molar refractivity (Wildman–Crippen MR) is 60.2 cm³/mol. The van der Waals surface area contributed by atoms with Crippen molar-refractivity contribution in [2.24, 2.45) is 0 Å². The Morgan fingerprint density at radius 2 is 2.33 bits per heavy atom. The highest BCUT2D eigenvalue weighted by atomic mass is 16.3. The Kier molecular flexibility index (Phi) is 3.74. The number of carbonyl (C=O) groups is 1. The quantitative estimate of drug-likeness (QED) is 0.512. The van der Waals surface area contributed by atoms with Gasteiger partial charge in [-0.2, -0.15) is 0 Å². The summed E-state index contributed by atoms with van der Waals surface area (Å²) in [5.41, 5.74) is 6.79. The molecule has 1 amide bonds. The maximum absolute atomic E-state index is 10.6. The number of hydrogen-bond donors (Lipinski definition) is 3. The zero-order chi connectivity index (χ0) is 11.3. The van der Waals surface area contributed by atoms with Crippen LogP contribution < -0.4 is 11.1 Å². The van der Waals surface area contributed by atoms with E-state index in [9.17, 15) is 9.90 Å². The lowest BCUT2D eigenvalue weighted by molar-refractivity contribution is -0.118. The number of nitrogen functional groups attached to an aromatic ring is 1. The molecule has 0 fully saturated rings. The van der Waals surface area contributed by atoms with Crippen LogP contribution >= 0.6 is 0 Å². The lowest BCUT2D eigenvalue weighted by Crippen LogP contribution is -2.19. The van der Waals surface area contributed by atoms with Gasteiger partial charge < -0.3 is 16.2 Å². The van der Waals surface area contributed by atoms with Gasteiger partial charge in [-0.1, -0.05) is 12.2 Å². The van der Waals surface area contributed by atoms with Gasteiger partial charge in [0, 0.05) is 24.7 Å². The van der Waals surface area contributed by atoms with Gasteiger partial charge in [0.05, 0.1) is 0 Å². The fourth-order valence-corrected chi connectivity index (χ4v) is 1.10. The molecule has 0 bridgehead atoms. The van der Waals surface area contributed by atoms with Crippen molar-refractivity contribution >= 4 is 17.7 Å². The summed E-state index contributed by atoms with van der Waals surface area (Å²) in [4.78, 5) is 10.6. The number of phenolic OH excluding ortho intramolecular Hbond substituents is 1. The Morgan fingerprint density at radius 3 is 3.00 bits per heavy atom. The third kappa shape index (κ3) is 3.72. The summed E-state index contributed by atoms with van der Waals surface area (Å²) in [6.07, 6.45) is 3.46. The average molecular weight is 206 g/mol. The molecule has 15 heavy (non-hydrogen) atoms. The molecule has 0 saturated carbocycles. The van der Waals surface area contributed by atoms with Gasteiger partial charge in [-0.25, -0.2) is 0 Å². The van der Waals surface area contributed by atoms with Gasteiger partial charge in [0.2, 0.25) is 5.91 Å². The molecule has 4 nitrogen and oxygen atoms in total. The predicted octanol–water partition coefficient (Wildman–Crippen LogP) is 1.12. The number of amides is 1. The average Bonchev–Trinajstić information content (AvgIpc) is 2.17. The van der Waals surface area contributed by atoms with E-state index in [1.807, 2.05) is 0 Å². The summed E-state index contributed by atoms with van der Waals surface area (Å²) in [5, 5.41) is 12.1. The van der Waals surface area contributed by atoms with Crippen LogP contribution in [0.25, 0.3) is 6.08 Å². The number of phenols is 1. The molecule has 1 rings (SSSR count). The van der Waals surface area contributed by atoms with E-state index in [-0.39, 0.29) is 11.7 Å². The van der Waals surface area contributed by atoms with E-state index in [1.165, 1.54) is 13.0 Å². The lowest BCUT2D eigenvalue weighted by Gasteiger charge is -2.00. The van der Waals surface area contributed by atoms with Gasteiger partial charge in [-0.3, -0.25) is 4.79 Å². The van der Waals surface area contributed by atoms with Crippen LogP contribution in [-0.2, 0) is 4.79 Å². The second-order valence-corrected chi connectivity index (χ2v) is 3.16. The van der Waals surface area contributed by atoms with Gasteiger partial charge in [0.1, 0.15) is 5.75 Å². The second kappa shape index (κ2) is 5.05. The molecule has 0 aliphatic heterocycles. The number of carbonyl (C=O) groups excluding carboxylic acids is 1. The Hall–Kier alpha value is -1.97. The van der Waals surface area contributed by atoms with Crippen LogP contribution in [0.2, 0.25) is 0 Å². The molecule has 0 radical (unpaired) electrons. The molecule has 1 aromatic carbocycles. The first-order chi connectivity index (χ1) is 7.09. The number of rotatable bonds is 3. The summed E-state index contributed by atoms with van der Waals surface area (Å²) < 4.78 is 0. The Morgan fingerprint density at radius 1 is 1.60 bits per heavy atom. The Balaban J connectivity index is 2.63. The molecule has 0 atom stereocenters. The van der Waals surface area contributed by atoms with Crippen molar-refractivity contribution in [1.29, 1.82) is 0 Å². The third-order valence-corrected chi connectivity index (χ3v) is 1.82. The third-order valence-electron chi connectivity index (χ3n) is 1.82. The number of benzene rings is 1. The van der Waals surface area contributed by atoms with Crippen LogP contribution in [0.4, 0.5) is 5.69 Å². The van der Waals surface area contributed by atoms with E-state index >= 15 is 0 Å². The number of nitrogens with one attached hydrogen (secondary N) is 1. The molecule has 4 N–H and O–H groups in total. The number of aromatic hydroxyl groups is 1.